The van der Waals surface area contributed by atoms with Gasteiger partial charge >= 0.3 is 0 Å². The Morgan fingerprint density at radius 1 is 1.47 bits per heavy atom. The van der Waals surface area contributed by atoms with Crippen LogP contribution in [-0.2, 0) is 0 Å². The van der Waals surface area contributed by atoms with Crippen molar-refractivity contribution in [1.82, 2.24) is 0 Å². The summed E-state index contributed by atoms with van der Waals surface area (Å²) in [5.74, 6) is -0.180. The molecule has 2 N–H and O–H groups in total. The van der Waals surface area contributed by atoms with Gasteiger partial charge in [-0.2, -0.15) is 0 Å². The predicted molar refractivity (Wildman–Crippen MR) is 71.0 cm³/mol. The molecule has 1 aromatic heterocycles. The Kier molecular flexibility index (Phi) is 3.81. The van der Waals surface area contributed by atoms with Gasteiger partial charge in [0, 0.05) is 20.3 Å². The number of halogens is 2. The Labute approximate surface area is 111 Å². The van der Waals surface area contributed by atoms with Crippen LogP contribution in [0, 0.1) is 5.82 Å². The van der Waals surface area contributed by atoms with Crippen LogP contribution in [0.1, 0.15) is 16.5 Å². The van der Waals surface area contributed by atoms with Crippen molar-refractivity contribution in [3.05, 3.63) is 50.4 Å². The summed E-state index contributed by atoms with van der Waals surface area (Å²) in [7, 11) is 1.44. The van der Waals surface area contributed by atoms with E-state index < -0.39 is 11.9 Å². The number of ether oxygens (including phenoxy) is 1. The quantitative estimate of drug-likeness (QED) is 0.937. The van der Waals surface area contributed by atoms with Crippen LogP contribution in [0.4, 0.5) is 4.39 Å². The van der Waals surface area contributed by atoms with Crippen molar-refractivity contribution >= 4 is 27.3 Å². The average Bonchev–Trinajstić information content (AvgIpc) is 2.75. The first-order valence-electron chi connectivity index (χ1n) is 4.95. The lowest BCUT2D eigenvalue weighted by Crippen LogP contribution is -2.12. The summed E-state index contributed by atoms with van der Waals surface area (Å²) >= 11 is 4.85. The van der Waals surface area contributed by atoms with E-state index >= 15 is 0 Å². The first-order chi connectivity index (χ1) is 8.13. The third kappa shape index (κ3) is 2.51. The minimum absolute atomic E-state index is 0.216. The van der Waals surface area contributed by atoms with Gasteiger partial charge in [0.2, 0.25) is 0 Å². The summed E-state index contributed by atoms with van der Waals surface area (Å²) in [6, 6.07) is 6.42. The summed E-state index contributed by atoms with van der Waals surface area (Å²) in [4.78, 5) is 0.907. The number of rotatable bonds is 3. The third-order valence-corrected chi connectivity index (χ3v) is 4.22. The van der Waals surface area contributed by atoms with Gasteiger partial charge in [-0.15, -0.1) is 11.3 Å². The monoisotopic (exact) mass is 315 g/mol. The van der Waals surface area contributed by atoms with Crippen molar-refractivity contribution in [3.63, 3.8) is 0 Å². The molecule has 2 nitrogen and oxygen atoms in total. The van der Waals surface area contributed by atoms with Crippen molar-refractivity contribution in [2.24, 2.45) is 5.73 Å². The average molecular weight is 316 g/mol. The molecule has 0 fully saturated rings. The first-order valence-corrected chi connectivity index (χ1v) is 6.62. The van der Waals surface area contributed by atoms with Crippen molar-refractivity contribution in [3.8, 4) is 5.75 Å². The molecular formula is C12H11BrFNOS. The van der Waals surface area contributed by atoms with Crippen molar-refractivity contribution in [2.45, 2.75) is 6.04 Å². The van der Waals surface area contributed by atoms with Gasteiger partial charge in [-0.1, -0.05) is 12.1 Å². The fourth-order valence-electron chi connectivity index (χ4n) is 1.57. The molecule has 1 aromatic carbocycles. The summed E-state index contributed by atoms with van der Waals surface area (Å²) < 4.78 is 19.9. The van der Waals surface area contributed by atoms with Gasteiger partial charge in [-0.05, 0) is 28.1 Å². The van der Waals surface area contributed by atoms with Crippen LogP contribution in [0.25, 0.3) is 0 Å². The molecule has 0 spiro atoms. The van der Waals surface area contributed by atoms with Crippen molar-refractivity contribution < 1.29 is 9.13 Å². The van der Waals surface area contributed by atoms with E-state index in [-0.39, 0.29) is 5.75 Å². The van der Waals surface area contributed by atoms with Gasteiger partial charge in [0.15, 0.2) is 11.6 Å². The van der Waals surface area contributed by atoms with Crippen LogP contribution in [0.5, 0.6) is 5.75 Å². The second-order valence-corrected chi connectivity index (χ2v) is 5.37. The maximum absolute atomic E-state index is 14.0. The lowest BCUT2D eigenvalue weighted by molar-refractivity contribution is 0.383. The van der Waals surface area contributed by atoms with E-state index in [2.05, 4.69) is 15.9 Å². The fourth-order valence-corrected chi connectivity index (χ4v) is 3.03. The summed E-state index contributed by atoms with van der Waals surface area (Å²) in [6.07, 6.45) is 0. The zero-order valence-corrected chi connectivity index (χ0v) is 11.5. The van der Waals surface area contributed by atoms with Crippen LogP contribution in [0.2, 0.25) is 0 Å². The smallest absolute Gasteiger partial charge is 0.170 e. The minimum atomic E-state index is -0.471. The molecule has 1 unspecified atom stereocenters. The second kappa shape index (κ2) is 5.16. The van der Waals surface area contributed by atoms with Crippen molar-refractivity contribution in [1.29, 1.82) is 0 Å². The van der Waals surface area contributed by atoms with E-state index in [4.69, 9.17) is 10.5 Å². The molecule has 2 rings (SSSR count). The summed E-state index contributed by atoms with van der Waals surface area (Å²) in [6.45, 7) is 0. The fraction of sp³-hybridized carbons (Fsp3) is 0.167. The van der Waals surface area contributed by atoms with E-state index in [1.807, 2.05) is 11.4 Å². The topological polar surface area (TPSA) is 35.2 Å². The Morgan fingerprint density at radius 3 is 2.82 bits per heavy atom. The molecule has 5 heteroatoms. The zero-order valence-electron chi connectivity index (χ0n) is 9.11. The highest BCUT2D eigenvalue weighted by Gasteiger charge is 2.17. The van der Waals surface area contributed by atoms with Gasteiger partial charge < -0.3 is 10.5 Å². The number of hydrogen-bond donors (Lipinski definition) is 1. The van der Waals surface area contributed by atoms with E-state index in [9.17, 15) is 4.39 Å². The molecule has 90 valence electrons. The zero-order chi connectivity index (χ0) is 12.4. The molecule has 0 saturated heterocycles. The van der Waals surface area contributed by atoms with Gasteiger partial charge in [0.25, 0.3) is 0 Å². The van der Waals surface area contributed by atoms with Crippen LogP contribution >= 0.6 is 27.3 Å². The molecule has 1 heterocycles. The highest BCUT2D eigenvalue weighted by Crippen LogP contribution is 2.32. The predicted octanol–water partition coefficient (Wildman–Crippen LogP) is 3.71. The standard InChI is InChI=1S/C12H11BrFNOS/c1-16-9-4-2-3-8(11(9)14)12(15)10-5-7(13)6-17-10/h2-6,12H,15H2,1H3. The molecule has 1 atom stereocenters. The third-order valence-electron chi connectivity index (χ3n) is 2.44. The van der Waals surface area contributed by atoms with Gasteiger partial charge in [-0.25, -0.2) is 4.39 Å². The van der Waals surface area contributed by atoms with Gasteiger partial charge in [-0.3, -0.25) is 0 Å². The molecule has 0 aliphatic heterocycles. The summed E-state index contributed by atoms with van der Waals surface area (Å²) in [5, 5.41) is 1.92. The Balaban J connectivity index is 2.40. The highest BCUT2D eigenvalue weighted by atomic mass is 79.9. The maximum atomic E-state index is 14.0. The lowest BCUT2D eigenvalue weighted by atomic mass is 10.1. The largest absolute Gasteiger partial charge is 0.494 e. The minimum Gasteiger partial charge on any atom is -0.494 e. The molecular weight excluding hydrogens is 305 g/mol. The Bertz CT molecular complexity index is 529. The van der Waals surface area contributed by atoms with E-state index in [1.54, 1.807) is 18.2 Å². The molecule has 0 amide bonds. The van der Waals surface area contributed by atoms with Crippen LogP contribution in [-0.4, -0.2) is 7.11 Å². The molecule has 0 bridgehead atoms. The molecule has 0 saturated carbocycles. The number of benzene rings is 1. The van der Waals surface area contributed by atoms with Crippen LogP contribution in [0.15, 0.2) is 34.1 Å². The first kappa shape index (κ1) is 12.5. The SMILES string of the molecule is COc1cccc(C(N)c2cc(Br)cs2)c1F. The van der Waals surface area contributed by atoms with Gasteiger partial charge in [0.05, 0.1) is 13.2 Å². The molecule has 0 aliphatic rings. The Morgan fingerprint density at radius 2 is 2.24 bits per heavy atom. The van der Waals surface area contributed by atoms with E-state index in [1.165, 1.54) is 18.4 Å². The van der Waals surface area contributed by atoms with E-state index in [0.717, 1.165) is 9.35 Å². The Hall–Kier alpha value is -0.910. The number of thiophene rings is 1. The molecule has 0 radical (unpaired) electrons. The van der Waals surface area contributed by atoms with Crippen molar-refractivity contribution in [2.75, 3.05) is 7.11 Å². The molecule has 17 heavy (non-hydrogen) atoms. The second-order valence-electron chi connectivity index (χ2n) is 3.51. The number of hydrogen-bond acceptors (Lipinski definition) is 3. The summed E-state index contributed by atoms with van der Waals surface area (Å²) in [5.41, 5.74) is 6.49. The van der Waals surface area contributed by atoms with E-state index in [0.29, 0.717) is 5.56 Å². The molecule has 2 aromatic rings. The highest BCUT2D eigenvalue weighted by molar-refractivity contribution is 9.10. The number of nitrogens with two attached hydrogens (primary N) is 1. The van der Waals surface area contributed by atoms with Crippen LogP contribution < -0.4 is 10.5 Å². The maximum Gasteiger partial charge on any atom is 0.170 e. The van der Waals surface area contributed by atoms with Crippen LogP contribution in [0.3, 0.4) is 0 Å². The normalized spacial score (nSPS) is 12.5. The number of methoxy groups -OCH3 is 1. The molecule has 0 aliphatic carbocycles. The van der Waals surface area contributed by atoms with Gasteiger partial charge in [0.1, 0.15) is 0 Å². The lowest BCUT2D eigenvalue weighted by Gasteiger charge is -2.13.